The Kier molecular flexibility index (Phi) is 14.2. The standard InChI is InChI=1S/C28H48N2O20/c1-7-15(35)20(40)22(42)27(45-7)50-24-21(41)17(37)11(5-32)48-28(24)49-23-14(30-9(3)34)25(43)46-12(18(23)38)6-44-26-13(29-8(2)33)19(39)16(36)10(4-31)47-26/h7,10-28,31-32,35-43H,4-6H2,1-3H3,(H,29,33)(H,30,34)/t7-,10+,11+,12+,13+,14+,15+,16-,17-,18+,19+,20+,21-,22-,23+,24+,25+,26+,27-,28-/m0/s1. The predicted octanol–water partition coefficient (Wildman–Crippen LogP) is -8.43. The zero-order chi connectivity index (χ0) is 37.2. The second-order valence-electron chi connectivity index (χ2n) is 12.6. The van der Waals surface area contributed by atoms with Crippen molar-refractivity contribution in [2.45, 2.75) is 143 Å². The van der Waals surface area contributed by atoms with Gasteiger partial charge in [-0.3, -0.25) is 9.59 Å². The predicted molar refractivity (Wildman–Crippen MR) is 156 cm³/mol. The van der Waals surface area contributed by atoms with Crippen LogP contribution < -0.4 is 10.6 Å². The Balaban J connectivity index is 1.58. The molecule has 2 amide bonds. The number of hydrogen-bond donors (Lipinski definition) is 13. The molecular weight excluding hydrogens is 684 g/mol. The molecule has 290 valence electrons. The average molecular weight is 733 g/mol. The van der Waals surface area contributed by atoms with Gasteiger partial charge in [0, 0.05) is 13.8 Å². The first-order chi connectivity index (χ1) is 23.5. The molecule has 0 spiro atoms. The lowest BCUT2D eigenvalue weighted by Gasteiger charge is -2.49. The number of carbonyl (C=O) groups is 2. The van der Waals surface area contributed by atoms with E-state index in [-0.39, 0.29) is 0 Å². The number of amides is 2. The van der Waals surface area contributed by atoms with E-state index < -0.39 is 154 Å². The molecule has 22 heteroatoms. The topological polar surface area (TPSA) is 345 Å². The largest absolute Gasteiger partial charge is 0.394 e. The fraction of sp³-hybridized carbons (Fsp3) is 0.929. The van der Waals surface area contributed by atoms with Gasteiger partial charge < -0.3 is 100.0 Å². The first kappa shape index (κ1) is 41.0. The van der Waals surface area contributed by atoms with Crippen LogP contribution in [0, 0.1) is 0 Å². The molecule has 13 N–H and O–H groups in total. The van der Waals surface area contributed by atoms with Crippen LogP contribution in [0.2, 0.25) is 0 Å². The Morgan fingerprint density at radius 1 is 0.560 bits per heavy atom. The van der Waals surface area contributed by atoms with Crippen molar-refractivity contribution in [3.8, 4) is 0 Å². The SMILES string of the molecule is CC(=O)N[C@@H]1[C@@H](O[C@@H]2O[C@H](CO)[C@H](O)[C@H](O)[C@H]2O[C@@H]2O[C@@H](C)[C@@H](O)[C@@H](O)[C@@H]2O)[C@H](O)[C@@H](CO[C@@H]2O[C@H](CO)[C@H](O)[C@H](O)[C@H]2NC(C)=O)O[C@H]1O. The summed E-state index contributed by atoms with van der Waals surface area (Å²) >= 11 is 0. The monoisotopic (exact) mass is 732 g/mol. The minimum absolute atomic E-state index is 0.638. The van der Waals surface area contributed by atoms with Crippen LogP contribution in [0.5, 0.6) is 0 Å². The molecule has 0 bridgehead atoms. The van der Waals surface area contributed by atoms with Gasteiger partial charge in [0.1, 0.15) is 91.4 Å². The van der Waals surface area contributed by atoms with Crippen LogP contribution in [-0.2, 0) is 42.7 Å². The van der Waals surface area contributed by atoms with E-state index in [1.165, 1.54) is 6.92 Å². The molecule has 0 aromatic carbocycles. The molecule has 0 saturated carbocycles. The summed E-state index contributed by atoms with van der Waals surface area (Å²) in [6.07, 6.45) is -30.1. The fourth-order valence-electron chi connectivity index (χ4n) is 6.17. The highest BCUT2D eigenvalue weighted by molar-refractivity contribution is 5.73. The number of ether oxygens (including phenoxy) is 7. The molecule has 20 atom stereocenters. The number of rotatable bonds is 11. The average Bonchev–Trinajstić information content (AvgIpc) is 3.06. The van der Waals surface area contributed by atoms with Crippen molar-refractivity contribution < 1.29 is 98.9 Å². The maximum absolute atomic E-state index is 12.1. The van der Waals surface area contributed by atoms with Gasteiger partial charge >= 0.3 is 0 Å². The van der Waals surface area contributed by atoms with Crippen LogP contribution in [0.3, 0.4) is 0 Å². The molecule has 0 radical (unpaired) electrons. The first-order valence-corrected chi connectivity index (χ1v) is 15.9. The van der Waals surface area contributed by atoms with Crippen LogP contribution in [0.4, 0.5) is 0 Å². The van der Waals surface area contributed by atoms with Crippen LogP contribution >= 0.6 is 0 Å². The molecule has 0 aromatic rings. The van der Waals surface area contributed by atoms with Crippen LogP contribution in [-0.4, -0.2) is 211 Å². The summed E-state index contributed by atoms with van der Waals surface area (Å²) in [5.41, 5.74) is 0. The third-order valence-electron chi connectivity index (χ3n) is 8.95. The summed E-state index contributed by atoms with van der Waals surface area (Å²) in [7, 11) is 0. The number of aliphatic hydroxyl groups is 11. The zero-order valence-corrected chi connectivity index (χ0v) is 27.3. The van der Waals surface area contributed by atoms with E-state index in [2.05, 4.69) is 10.6 Å². The molecule has 4 aliphatic rings. The summed E-state index contributed by atoms with van der Waals surface area (Å²) in [4.78, 5) is 23.9. The van der Waals surface area contributed by atoms with Gasteiger partial charge in [-0.25, -0.2) is 0 Å². The van der Waals surface area contributed by atoms with Crippen molar-refractivity contribution in [3.63, 3.8) is 0 Å². The van der Waals surface area contributed by atoms with Crippen molar-refractivity contribution >= 4 is 11.8 Å². The van der Waals surface area contributed by atoms with Gasteiger partial charge in [-0.1, -0.05) is 0 Å². The number of nitrogens with one attached hydrogen (secondary N) is 2. The lowest BCUT2D eigenvalue weighted by Crippen LogP contribution is -2.69. The van der Waals surface area contributed by atoms with E-state index in [9.17, 15) is 65.8 Å². The molecule has 50 heavy (non-hydrogen) atoms. The second-order valence-corrected chi connectivity index (χ2v) is 12.6. The van der Waals surface area contributed by atoms with Gasteiger partial charge in [0.05, 0.1) is 25.9 Å². The Morgan fingerprint density at radius 3 is 1.68 bits per heavy atom. The quantitative estimate of drug-likeness (QED) is 0.0938. The Bertz CT molecular complexity index is 1130. The molecule has 0 unspecified atom stereocenters. The molecule has 4 saturated heterocycles. The minimum atomic E-state index is -1.93. The summed E-state index contributed by atoms with van der Waals surface area (Å²) in [6.45, 7) is 1.29. The lowest BCUT2D eigenvalue weighted by molar-refractivity contribution is -0.381. The zero-order valence-electron chi connectivity index (χ0n) is 27.3. The number of hydrogen-bond acceptors (Lipinski definition) is 20. The van der Waals surface area contributed by atoms with Gasteiger partial charge in [-0.15, -0.1) is 0 Å². The van der Waals surface area contributed by atoms with Gasteiger partial charge in [-0.2, -0.15) is 0 Å². The van der Waals surface area contributed by atoms with Crippen molar-refractivity contribution in [3.05, 3.63) is 0 Å². The first-order valence-electron chi connectivity index (χ1n) is 15.9. The van der Waals surface area contributed by atoms with Crippen LogP contribution in [0.25, 0.3) is 0 Å². The van der Waals surface area contributed by atoms with Gasteiger partial charge in [-0.05, 0) is 6.92 Å². The van der Waals surface area contributed by atoms with Gasteiger partial charge in [0.15, 0.2) is 25.2 Å². The molecule has 0 aliphatic carbocycles. The van der Waals surface area contributed by atoms with Gasteiger partial charge in [0.25, 0.3) is 0 Å². The summed E-state index contributed by atoms with van der Waals surface area (Å²) in [5, 5.41) is 120. The van der Waals surface area contributed by atoms with Gasteiger partial charge in [0.2, 0.25) is 11.8 Å². The highest BCUT2D eigenvalue weighted by atomic mass is 16.8. The van der Waals surface area contributed by atoms with Crippen molar-refractivity contribution in [1.29, 1.82) is 0 Å². The molecule has 4 aliphatic heterocycles. The van der Waals surface area contributed by atoms with E-state index in [4.69, 9.17) is 33.2 Å². The Labute approximate surface area is 285 Å². The van der Waals surface area contributed by atoms with Crippen LogP contribution in [0.15, 0.2) is 0 Å². The third-order valence-corrected chi connectivity index (χ3v) is 8.95. The highest BCUT2D eigenvalue weighted by Gasteiger charge is 2.54. The number of aliphatic hydroxyl groups excluding tert-OH is 11. The number of carbonyl (C=O) groups excluding carboxylic acids is 2. The third kappa shape index (κ3) is 8.87. The maximum atomic E-state index is 12.1. The Morgan fingerprint density at radius 2 is 1.10 bits per heavy atom. The molecule has 0 aromatic heterocycles. The maximum Gasteiger partial charge on any atom is 0.217 e. The van der Waals surface area contributed by atoms with Crippen molar-refractivity contribution in [2.75, 3.05) is 19.8 Å². The molecule has 4 heterocycles. The normalized spacial score (nSPS) is 48.5. The second kappa shape index (κ2) is 17.4. The van der Waals surface area contributed by atoms with E-state index in [0.29, 0.717) is 0 Å². The summed E-state index contributed by atoms with van der Waals surface area (Å²) in [6, 6.07) is -2.92. The summed E-state index contributed by atoms with van der Waals surface area (Å²) < 4.78 is 39.4. The highest BCUT2D eigenvalue weighted by Crippen LogP contribution is 2.33. The van der Waals surface area contributed by atoms with E-state index >= 15 is 0 Å². The molecular formula is C28H48N2O20. The molecule has 4 rings (SSSR count). The molecule has 22 nitrogen and oxygen atoms in total. The van der Waals surface area contributed by atoms with Crippen molar-refractivity contribution in [2.24, 2.45) is 0 Å². The fourth-order valence-corrected chi connectivity index (χ4v) is 6.17. The van der Waals surface area contributed by atoms with E-state index in [1.54, 1.807) is 0 Å². The summed E-state index contributed by atoms with van der Waals surface area (Å²) in [5.74, 6) is -1.35. The van der Waals surface area contributed by atoms with Crippen molar-refractivity contribution in [1.82, 2.24) is 10.6 Å². The molecule has 4 fully saturated rings. The minimum Gasteiger partial charge on any atom is -0.394 e. The van der Waals surface area contributed by atoms with E-state index in [0.717, 1.165) is 13.8 Å². The Hall–Kier alpha value is -1.78. The smallest absolute Gasteiger partial charge is 0.217 e. The van der Waals surface area contributed by atoms with Crippen LogP contribution in [0.1, 0.15) is 20.8 Å². The van der Waals surface area contributed by atoms with E-state index in [1.807, 2.05) is 0 Å². The lowest BCUT2D eigenvalue weighted by atomic mass is 9.95.